The molecule has 1 heterocycles. The van der Waals surface area contributed by atoms with Crippen molar-refractivity contribution < 1.29 is 14.3 Å². The average Bonchev–Trinajstić information content (AvgIpc) is 2.84. The zero-order chi connectivity index (χ0) is 24.9. The van der Waals surface area contributed by atoms with Crippen LogP contribution in [0.4, 0.5) is 5.69 Å². The van der Waals surface area contributed by atoms with Gasteiger partial charge in [0.2, 0.25) is 5.91 Å². The lowest BCUT2D eigenvalue weighted by Crippen LogP contribution is -2.32. The second kappa shape index (κ2) is 10.8. The van der Waals surface area contributed by atoms with Crippen molar-refractivity contribution in [3.8, 4) is 11.8 Å². The van der Waals surface area contributed by atoms with Crippen LogP contribution >= 0.6 is 11.8 Å². The van der Waals surface area contributed by atoms with Crippen LogP contribution in [0, 0.1) is 25.2 Å². The van der Waals surface area contributed by atoms with Crippen molar-refractivity contribution in [1.29, 1.82) is 5.26 Å². The molecule has 35 heavy (non-hydrogen) atoms. The van der Waals surface area contributed by atoms with Crippen LogP contribution in [0.15, 0.2) is 64.3 Å². The maximum atomic E-state index is 13.0. The third kappa shape index (κ3) is 5.28. The summed E-state index contributed by atoms with van der Waals surface area (Å²) < 4.78 is 5.86. The molecule has 1 amide bonds. The molecular weight excluding hydrogens is 458 g/mol. The molecule has 4 rings (SSSR count). The molecule has 1 unspecified atom stereocenters. The molecule has 2 N–H and O–H groups in total. The first-order valence-corrected chi connectivity index (χ1v) is 12.8. The van der Waals surface area contributed by atoms with Gasteiger partial charge < -0.3 is 15.4 Å². The summed E-state index contributed by atoms with van der Waals surface area (Å²) in [5, 5.41) is 17.1. The minimum Gasteiger partial charge on any atom is -0.494 e. The molecule has 0 aromatic heterocycles. The molecule has 1 atom stereocenters. The lowest BCUT2D eigenvalue weighted by Gasteiger charge is -2.33. The Kier molecular flexibility index (Phi) is 7.62. The van der Waals surface area contributed by atoms with Crippen molar-refractivity contribution in [2.45, 2.75) is 46.0 Å². The Bertz CT molecular complexity index is 1270. The van der Waals surface area contributed by atoms with E-state index in [-0.39, 0.29) is 17.4 Å². The number of ketones is 1. The van der Waals surface area contributed by atoms with Gasteiger partial charge in [-0.3, -0.25) is 9.59 Å². The Morgan fingerprint density at radius 2 is 2.03 bits per heavy atom. The SMILES string of the molecule is CCOc1ccccc1C1C(C#N)=C(SCC(=O)Nc2ccc(C)cc2C)NC2=C1C(=O)CCC2. The average molecular weight is 488 g/mol. The van der Waals surface area contributed by atoms with Gasteiger partial charge in [-0.15, -0.1) is 0 Å². The highest BCUT2D eigenvalue weighted by molar-refractivity contribution is 8.03. The van der Waals surface area contributed by atoms with Crippen molar-refractivity contribution >= 4 is 29.1 Å². The number of hydrogen-bond acceptors (Lipinski definition) is 6. The van der Waals surface area contributed by atoms with Crippen LogP contribution in [0.1, 0.15) is 48.8 Å². The normalized spacial score (nSPS) is 17.4. The van der Waals surface area contributed by atoms with Crippen molar-refractivity contribution in [2.24, 2.45) is 0 Å². The molecule has 180 valence electrons. The molecule has 2 aromatic carbocycles. The number of dihydropyridines is 1. The highest BCUT2D eigenvalue weighted by Gasteiger charge is 2.38. The molecule has 0 saturated carbocycles. The first kappa shape index (κ1) is 24.6. The van der Waals surface area contributed by atoms with Gasteiger partial charge in [0, 0.05) is 28.9 Å². The van der Waals surface area contributed by atoms with E-state index in [4.69, 9.17) is 4.74 Å². The fourth-order valence-corrected chi connectivity index (χ4v) is 5.49. The molecule has 0 spiro atoms. The summed E-state index contributed by atoms with van der Waals surface area (Å²) in [6.07, 6.45) is 1.96. The number of allylic oxidation sites excluding steroid dienone is 3. The number of carbonyl (C=O) groups excluding carboxylic acids is 2. The highest BCUT2D eigenvalue weighted by atomic mass is 32.2. The van der Waals surface area contributed by atoms with Crippen LogP contribution < -0.4 is 15.4 Å². The van der Waals surface area contributed by atoms with E-state index in [0.29, 0.717) is 35.0 Å². The van der Waals surface area contributed by atoms with Gasteiger partial charge >= 0.3 is 0 Å². The molecule has 1 aliphatic heterocycles. The fourth-order valence-electron chi connectivity index (χ4n) is 4.63. The predicted molar refractivity (Wildman–Crippen MR) is 139 cm³/mol. The number of hydrogen-bond donors (Lipinski definition) is 2. The lowest BCUT2D eigenvalue weighted by molar-refractivity contribution is -0.116. The number of aryl methyl sites for hydroxylation is 2. The summed E-state index contributed by atoms with van der Waals surface area (Å²) in [4.78, 5) is 25.8. The quantitative estimate of drug-likeness (QED) is 0.536. The molecule has 0 bridgehead atoms. The highest BCUT2D eigenvalue weighted by Crippen LogP contribution is 2.46. The standard InChI is InChI=1S/C28H29N3O3S/c1-4-34-24-11-6-5-8-19(24)26-20(15-29)28(31-22-9-7-10-23(32)27(22)26)35-16-25(33)30-21-13-12-17(2)14-18(21)3/h5-6,8,11-14,26,31H,4,7,9-10,16H2,1-3H3,(H,30,33). The van der Waals surface area contributed by atoms with Crippen LogP contribution in [0.5, 0.6) is 5.75 Å². The van der Waals surface area contributed by atoms with Crippen molar-refractivity contribution in [2.75, 3.05) is 17.7 Å². The summed E-state index contributed by atoms with van der Waals surface area (Å²) in [6.45, 7) is 6.36. The number of nitrogens with zero attached hydrogens (tertiary/aromatic N) is 1. The van der Waals surface area contributed by atoms with Gasteiger partial charge in [0.15, 0.2) is 5.78 Å². The van der Waals surface area contributed by atoms with Crippen LogP contribution in [0.2, 0.25) is 0 Å². The minimum atomic E-state index is -0.517. The van der Waals surface area contributed by atoms with Crippen molar-refractivity contribution in [1.82, 2.24) is 5.32 Å². The van der Waals surface area contributed by atoms with E-state index in [9.17, 15) is 14.9 Å². The maximum absolute atomic E-state index is 13.0. The summed E-state index contributed by atoms with van der Waals surface area (Å²) in [5.74, 6) is 0.185. The van der Waals surface area contributed by atoms with Gasteiger partial charge in [0.05, 0.1) is 34.9 Å². The molecule has 7 heteroatoms. The Hall–Kier alpha value is -3.50. The fraction of sp³-hybridized carbons (Fsp3) is 0.321. The Balaban J connectivity index is 1.65. The Labute approximate surface area is 210 Å². The van der Waals surface area contributed by atoms with E-state index in [1.165, 1.54) is 11.8 Å². The van der Waals surface area contributed by atoms with Gasteiger partial charge in [-0.2, -0.15) is 5.26 Å². The first-order valence-electron chi connectivity index (χ1n) is 11.8. The van der Waals surface area contributed by atoms with E-state index in [0.717, 1.165) is 40.9 Å². The molecule has 2 aromatic rings. The summed E-state index contributed by atoms with van der Waals surface area (Å²) >= 11 is 1.29. The van der Waals surface area contributed by atoms with E-state index in [2.05, 4.69) is 16.7 Å². The Morgan fingerprint density at radius 3 is 2.77 bits per heavy atom. The van der Waals surface area contributed by atoms with Gasteiger partial charge in [-0.05, 0) is 51.3 Å². The second-order valence-electron chi connectivity index (χ2n) is 8.71. The Morgan fingerprint density at radius 1 is 1.23 bits per heavy atom. The van der Waals surface area contributed by atoms with Gasteiger partial charge in [0.1, 0.15) is 5.75 Å². The zero-order valence-corrected chi connectivity index (χ0v) is 21.1. The molecule has 2 aliphatic rings. The second-order valence-corrected chi connectivity index (χ2v) is 9.69. The number of thioether (sulfide) groups is 1. The third-order valence-electron chi connectivity index (χ3n) is 6.20. The number of carbonyl (C=O) groups is 2. The number of nitriles is 1. The number of para-hydroxylation sites is 1. The van der Waals surface area contributed by atoms with Gasteiger partial charge in [0.25, 0.3) is 0 Å². The number of rotatable bonds is 7. The molecule has 0 radical (unpaired) electrons. The van der Waals surface area contributed by atoms with Gasteiger partial charge in [-0.1, -0.05) is 47.7 Å². The summed E-state index contributed by atoms with van der Waals surface area (Å²) in [5.41, 5.74) is 5.63. The summed E-state index contributed by atoms with van der Waals surface area (Å²) in [6, 6.07) is 15.8. The zero-order valence-electron chi connectivity index (χ0n) is 20.2. The molecule has 0 saturated heterocycles. The minimum absolute atomic E-state index is 0.0550. The number of ether oxygens (including phenoxy) is 1. The van der Waals surface area contributed by atoms with Crippen molar-refractivity contribution in [3.63, 3.8) is 0 Å². The number of Topliss-reactive ketones (excluding diaryl/α,β-unsaturated/α-hetero) is 1. The molecule has 6 nitrogen and oxygen atoms in total. The van der Waals surface area contributed by atoms with Crippen LogP contribution in [-0.2, 0) is 9.59 Å². The molecule has 0 fully saturated rings. The topological polar surface area (TPSA) is 91.2 Å². The third-order valence-corrected chi connectivity index (χ3v) is 7.21. The van der Waals surface area contributed by atoms with E-state index in [1.807, 2.05) is 63.2 Å². The predicted octanol–water partition coefficient (Wildman–Crippen LogP) is 5.50. The number of amides is 1. The van der Waals surface area contributed by atoms with Gasteiger partial charge in [-0.25, -0.2) is 0 Å². The summed E-state index contributed by atoms with van der Waals surface area (Å²) in [7, 11) is 0. The lowest BCUT2D eigenvalue weighted by atomic mass is 9.76. The first-order chi connectivity index (χ1) is 16.9. The number of nitrogens with one attached hydrogen (secondary N) is 2. The largest absolute Gasteiger partial charge is 0.494 e. The monoisotopic (exact) mass is 487 g/mol. The van der Waals surface area contributed by atoms with Crippen LogP contribution in [0.3, 0.4) is 0 Å². The van der Waals surface area contributed by atoms with E-state index < -0.39 is 5.92 Å². The van der Waals surface area contributed by atoms with Crippen LogP contribution in [-0.4, -0.2) is 24.1 Å². The maximum Gasteiger partial charge on any atom is 0.234 e. The number of benzene rings is 2. The smallest absolute Gasteiger partial charge is 0.234 e. The van der Waals surface area contributed by atoms with Crippen LogP contribution in [0.25, 0.3) is 0 Å². The van der Waals surface area contributed by atoms with Crippen molar-refractivity contribution in [3.05, 3.63) is 81.0 Å². The van der Waals surface area contributed by atoms with E-state index >= 15 is 0 Å². The number of anilines is 1. The molecular formula is C28H29N3O3S. The van der Waals surface area contributed by atoms with E-state index in [1.54, 1.807) is 0 Å². The molecule has 1 aliphatic carbocycles.